The molecule has 0 bridgehead atoms. The first-order valence-corrected chi connectivity index (χ1v) is 7.83. The van der Waals surface area contributed by atoms with Crippen molar-refractivity contribution in [3.05, 3.63) is 46.0 Å². The number of amides is 1. The topological polar surface area (TPSA) is 83.7 Å². The smallest absolute Gasteiger partial charge is 0.276 e. The number of hydrogen-bond donors (Lipinski definition) is 1. The number of nitrogens with zero attached hydrogens (tertiary/aromatic N) is 2. The van der Waals surface area contributed by atoms with Crippen LogP contribution in [-0.2, 0) is 4.79 Å². The summed E-state index contributed by atoms with van der Waals surface area (Å²) in [7, 11) is 1.69. The van der Waals surface area contributed by atoms with Crippen LogP contribution in [0.4, 0.5) is 5.69 Å². The molecule has 0 saturated heterocycles. The largest absolute Gasteiger partial charge is 0.393 e. The molecule has 1 amide bonds. The first kappa shape index (κ1) is 17.1. The molecule has 124 valence electrons. The summed E-state index contributed by atoms with van der Waals surface area (Å²) >= 11 is 0. The number of benzene rings is 1. The molecule has 0 aromatic heterocycles. The number of rotatable bonds is 5. The van der Waals surface area contributed by atoms with Gasteiger partial charge in [-0.25, -0.2) is 0 Å². The van der Waals surface area contributed by atoms with Crippen LogP contribution in [0.5, 0.6) is 0 Å². The van der Waals surface area contributed by atoms with Gasteiger partial charge < -0.3 is 10.0 Å². The van der Waals surface area contributed by atoms with Gasteiger partial charge in [0.2, 0.25) is 5.91 Å². The highest BCUT2D eigenvalue weighted by atomic mass is 16.6. The Morgan fingerprint density at radius 3 is 2.78 bits per heavy atom. The molecule has 0 radical (unpaired) electrons. The van der Waals surface area contributed by atoms with Crippen LogP contribution in [0, 0.1) is 16.0 Å². The second-order valence-corrected chi connectivity index (χ2v) is 5.98. The van der Waals surface area contributed by atoms with E-state index in [2.05, 4.69) is 0 Å². The second-order valence-electron chi connectivity index (χ2n) is 5.98. The van der Waals surface area contributed by atoms with E-state index in [0.717, 1.165) is 25.7 Å². The summed E-state index contributed by atoms with van der Waals surface area (Å²) in [6.07, 6.45) is 6.29. The van der Waals surface area contributed by atoms with Crippen LogP contribution in [0.1, 0.15) is 31.2 Å². The molecule has 2 unspecified atom stereocenters. The van der Waals surface area contributed by atoms with Crippen molar-refractivity contribution >= 4 is 17.7 Å². The molecule has 1 aromatic rings. The monoisotopic (exact) mass is 318 g/mol. The molecular weight excluding hydrogens is 296 g/mol. The zero-order valence-corrected chi connectivity index (χ0v) is 13.2. The summed E-state index contributed by atoms with van der Waals surface area (Å²) in [6.45, 7) is 0.501. The van der Waals surface area contributed by atoms with E-state index in [1.807, 2.05) is 0 Å². The van der Waals surface area contributed by atoms with Crippen molar-refractivity contribution in [2.75, 3.05) is 13.6 Å². The van der Waals surface area contributed by atoms with E-state index in [1.165, 1.54) is 18.2 Å². The van der Waals surface area contributed by atoms with Crippen LogP contribution in [0.15, 0.2) is 30.3 Å². The summed E-state index contributed by atoms with van der Waals surface area (Å²) in [5, 5.41) is 20.9. The van der Waals surface area contributed by atoms with Crippen LogP contribution < -0.4 is 0 Å². The Morgan fingerprint density at radius 2 is 2.09 bits per heavy atom. The number of likely N-dealkylation sites (N-methyl/N-ethyl adjacent to an activating group) is 1. The molecule has 1 aliphatic rings. The molecule has 6 heteroatoms. The Hall–Kier alpha value is -2.21. The minimum Gasteiger partial charge on any atom is -0.393 e. The third kappa shape index (κ3) is 4.63. The van der Waals surface area contributed by atoms with Gasteiger partial charge in [0.15, 0.2) is 0 Å². The van der Waals surface area contributed by atoms with Crippen molar-refractivity contribution in [3.8, 4) is 0 Å². The molecule has 1 aliphatic carbocycles. The Labute approximate surface area is 135 Å². The average molecular weight is 318 g/mol. The lowest BCUT2D eigenvalue weighted by Crippen LogP contribution is -2.37. The van der Waals surface area contributed by atoms with Crippen molar-refractivity contribution in [1.29, 1.82) is 0 Å². The van der Waals surface area contributed by atoms with E-state index >= 15 is 0 Å². The van der Waals surface area contributed by atoms with Gasteiger partial charge in [-0.3, -0.25) is 14.9 Å². The molecule has 6 nitrogen and oxygen atoms in total. The molecule has 1 aromatic carbocycles. The van der Waals surface area contributed by atoms with Gasteiger partial charge in [0.1, 0.15) is 0 Å². The molecule has 0 heterocycles. The van der Waals surface area contributed by atoms with Gasteiger partial charge >= 0.3 is 0 Å². The van der Waals surface area contributed by atoms with E-state index < -0.39 is 4.92 Å². The molecule has 1 N–H and O–H groups in total. The fourth-order valence-corrected chi connectivity index (χ4v) is 2.93. The van der Waals surface area contributed by atoms with Gasteiger partial charge in [-0.2, -0.15) is 0 Å². The number of nitro groups is 1. The minimum atomic E-state index is -0.466. The van der Waals surface area contributed by atoms with Crippen molar-refractivity contribution in [1.82, 2.24) is 4.90 Å². The molecule has 2 rings (SSSR count). The first-order valence-electron chi connectivity index (χ1n) is 7.83. The molecule has 0 aliphatic heterocycles. The summed E-state index contributed by atoms with van der Waals surface area (Å²) in [6, 6.07) is 6.30. The highest BCUT2D eigenvalue weighted by Crippen LogP contribution is 2.25. The minimum absolute atomic E-state index is 0.0260. The fourth-order valence-electron chi connectivity index (χ4n) is 2.93. The van der Waals surface area contributed by atoms with Crippen LogP contribution in [0.2, 0.25) is 0 Å². The zero-order chi connectivity index (χ0) is 16.8. The molecule has 23 heavy (non-hydrogen) atoms. The number of para-hydroxylation sites is 1. The Bertz CT molecular complexity index is 600. The van der Waals surface area contributed by atoms with Crippen molar-refractivity contribution in [2.24, 2.45) is 5.92 Å². The van der Waals surface area contributed by atoms with Gasteiger partial charge in [0, 0.05) is 31.7 Å². The van der Waals surface area contributed by atoms with Crippen LogP contribution in [0.25, 0.3) is 6.08 Å². The lowest BCUT2D eigenvalue weighted by Gasteiger charge is -2.30. The van der Waals surface area contributed by atoms with Crippen molar-refractivity contribution in [2.45, 2.75) is 31.8 Å². The molecule has 0 spiro atoms. The maximum Gasteiger partial charge on any atom is 0.276 e. The number of hydrogen-bond acceptors (Lipinski definition) is 4. The Kier molecular flexibility index (Phi) is 5.87. The van der Waals surface area contributed by atoms with E-state index in [9.17, 15) is 20.0 Å². The predicted molar refractivity (Wildman–Crippen MR) is 87.7 cm³/mol. The summed E-state index contributed by atoms with van der Waals surface area (Å²) in [5.41, 5.74) is 0.374. The normalized spacial score (nSPS) is 21.3. The van der Waals surface area contributed by atoms with Crippen LogP contribution >= 0.6 is 0 Å². The Morgan fingerprint density at radius 1 is 1.39 bits per heavy atom. The van der Waals surface area contributed by atoms with Crippen molar-refractivity contribution < 1.29 is 14.8 Å². The van der Waals surface area contributed by atoms with Gasteiger partial charge in [-0.1, -0.05) is 25.0 Å². The number of carbonyl (C=O) groups is 1. The lowest BCUT2D eigenvalue weighted by molar-refractivity contribution is -0.385. The molecule has 1 saturated carbocycles. The quantitative estimate of drug-likeness (QED) is 0.514. The van der Waals surface area contributed by atoms with Gasteiger partial charge in [0.25, 0.3) is 5.69 Å². The molecule has 1 fully saturated rings. The maximum atomic E-state index is 12.2. The van der Waals surface area contributed by atoms with E-state index in [4.69, 9.17) is 0 Å². The van der Waals surface area contributed by atoms with E-state index in [0.29, 0.717) is 12.1 Å². The SMILES string of the molecule is CN(CC1CCCCC1O)C(=O)/C=C/c1ccccc1[N+](=O)[O-]. The summed E-state index contributed by atoms with van der Waals surface area (Å²) in [5.74, 6) is -0.113. The zero-order valence-electron chi connectivity index (χ0n) is 13.2. The predicted octanol–water partition coefficient (Wildman–Crippen LogP) is 2.62. The summed E-state index contributed by atoms with van der Waals surface area (Å²) < 4.78 is 0. The number of aliphatic hydroxyl groups excluding tert-OH is 1. The van der Waals surface area contributed by atoms with Crippen LogP contribution in [-0.4, -0.2) is 40.5 Å². The second kappa shape index (κ2) is 7.87. The third-order valence-electron chi connectivity index (χ3n) is 4.29. The van der Waals surface area contributed by atoms with E-state index in [-0.39, 0.29) is 23.6 Å². The molecular formula is C17H22N2O4. The number of carbonyl (C=O) groups excluding carboxylic acids is 1. The standard InChI is InChI=1S/C17H22N2O4/c1-18(12-14-7-3-5-9-16(14)20)17(21)11-10-13-6-2-4-8-15(13)19(22)23/h2,4,6,8,10-11,14,16,20H,3,5,7,9,12H2,1H3/b11-10+. The van der Waals surface area contributed by atoms with Crippen LogP contribution in [0.3, 0.4) is 0 Å². The third-order valence-corrected chi connectivity index (χ3v) is 4.29. The fraction of sp³-hybridized carbons (Fsp3) is 0.471. The number of nitro benzene ring substituents is 1. The highest BCUT2D eigenvalue weighted by Gasteiger charge is 2.25. The van der Waals surface area contributed by atoms with Gasteiger partial charge in [-0.15, -0.1) is 0 Å². The van der Waals surface area contributed by atoms with Gasteiger partial charge in [0.05, 0.1) is 16.6 Å². The van der Waals surface area contributed by atoms with Gasteiger partial charge in [-0.05, 0) is 25.0 Å². The summed E-state index contributed by atoms with van der Waals surface area (Å²) in [4.78, 5) is 24.2. The molecule has 2 atom stereocenters. The average Bonchev–Trinajstić information content (AvgIpc) is 2.54. The maximum absolute atomic E-state index is 12.2. The lowest BCUT2D eigenvalue weighted by atomic mass is 9.86. The first-order chi connectivity index (χ1) is 11.0. The highest BCUT2D eigenvalue weighted by molar-refractivity contribution is 5.92. The number of aliphatic hydroxyl groups is 1. The van der Waals surface area contributed by atoms with E-state index in [1.54, 1.807) is 30.1 Å². The Balaban J connectivity index is 1.99. The van der Waals surface area contributed by atoms with Crippen molar-refractivity contribution in [3.63, 3.8) is 0 Å².